The number of benzene rings is 2. The molecule has 0 aromatic heterocycles. The number of fused-ring (bicyclic) bond motifs is 1. The van der Waals surface area contributed by atoms with E-state index < -0.39 is 0 Å². The highest BCUT2D eigenvalue weighted by atomic mass is 16.5. The Balaban J connectivity index is 1.95. The summed E-state index contributed by atoms with van der Waals surface area (Å²) in [6.07, 6.45) is 3.97. The van der Waals surface area contributed by atoms with Gasteiger partial charge in [0.05, 0.1) is 0 Å². The van der Waals surface area contributed by atoms with Crippen molar-refractivity contribution in [1.82, 2.24) is 0 Å². The molecule has 0 aliphatic carbocycles. The van der Waals surface area contributed by atoms with Gasteiger partial charge in [0.15, 0.2) is 0 Å². The molecule has 3 rings (SSSR count). The molecule has 0 saturated heterocycles. The number of hydrogen-bond acceptors (Lipinski definition) is 2. The smallest absolute Gasteiger partial charge is 0.142 e. The zero-order valence-corrected chi connectivity index (χ0v) is 9.21. The molecule has 17 heavy (non-hydrogen) atoms. The van der Waals surface area contributed by atoms with Crippen molar-refractivity contribution in [3.05, 3.63) is 65.7 Å². The molecule has 1 aliphatic rings. The van der Waals surface area contributed by atoms with Crippen LogP contribution in [0, 0.1) is 0 Å². The Kier molecular flexibility index (Phi) is 2.33. The van der Waals surface area contributed by atoms with Crippen LogP contribution in [0.5, 0.6) is 11.5 Å². The molecule has 84 valence electrons. The number of ether oxygens (including phenoxy) is 1. The van der Waals surface area contributed by atoms with Gasteiger partial charge in [-0.3, -0.25) is 0 Å². The van der Waals surface area contributed by atoms with Crippen molar-refractivity contribution >= 4 is 6.08 Å². The van der Waals surface area contributed by atoms with Gasteiger partial charge < -0.3 is 9.84 Å². The molecule has 2 aromatic carbocycles. The lowest BCUT2D eigenvalue weighted by Crippen LogP contribution is -2.08. The van der Waals surface area contributed by atoms with Crippen LogP contribution in [0.25, 0.3) is 6.08 Å². The standard InChI is InChI=1S/C15H12O2/c16-13-8-6-12-7-9-14(17-15(12)10-13)11-4-2-1-3-5-11/h1-10,14,16H. The van der Waals surface area contributed by atoms with Crippen molar-refractivity contribution < 1.29 is 9.84 Å². The lowest BCUT2D eigenvalue weighted by atomic mass is 10.0. The van der Waals surface area contributed by atoms with Crippen molar-refractivity contribution in [2.24, 2.45) is 0 Å². The average molecular weight is 224 g/mol. The quantitative estimate of drug-likeness (QED) is 0.802. The van der Waals surface area contributed by atoms with Gasteiger partial charge in [0, 0.05) is 11.6 Å². The predicted molar refractivity (Wildman–Crippen MR) is 67.0 cm³/mol. The third kappa shape index (κ3) is 1.89. The maximum Gasteiger partial charge on any atom is 0.142 e. The van der Waals surface area contributed by atoms with Crippen LogP contribution in [-0.2, 0) is 0 Å². The van der Waals surface area contributed by atoms with Gasteiger partial charge in [-0.1, -0.05) is 36.4 Å². The van der Waals surface area contributed by atoms with Crippen LogP contribution in [0.15, 0.2) is 54.6 Å². The molecule has 1 heterocycles. The maximum atomic E-state index is 9.44. The summed E-state index contributed by atoms with van der Waals surface area (Å²) < 4.78 is 5.85. The van der Waals surface area contributed by atoms with E-state index in [1.807, 2.05) is 48.6 Å². The minimum absolute atomic E-state index is 0.0782. The summed E-state index contributed by atoms with van der Waals surface area (Å²) in [7, 11) is 0. The molecule has 0 fully saturated rings. The minimum atomic E-state index is -0.0782. The van der Waals surface area contributed by atoms with Gasteiger partial charge in [0.2, 0.25) is 0 Å². The Morgan fingerprint density at radius 3 is 2.65 bits per heavy atom. The summed E-state index contributed by atoms with van der Waals surface area (Å²) in [6, 6.07) is 15.2. The molecule has 2 aromatic rings. The Bertz CT molecular complexity index is 558. The SMILES string of the molecule is Oc1ccc2c(c1)OC(c1ccccc1)C=C2. The first kappa shape index (κ1) is 9.97. The number of aromatic hydroxyl groups is 1. The fourth-order valence-corrected chi connectivity index (χ4v) is 1.95. The molecule has 1 N–H and O–H groups in total. The zero-order chi connectivity index (χ0) is 11.7. The van der Waals surface area contributed by atoms with Crippen LogP contribution in [0.3, 0.4) is 0 Å². The van der Waals surface area contributed by atoms with E-state index in [9.17, 15) is 5.11 Å². The largest absolute Gasteiger partial charge is 0.508 e. The number of phenolic OH excluding ortho intramolecular Hbond substituents is 1. The van der Waals surface area contributed by atoms with Crippen LogP contribution in [0.1, 0.15) is 17.2 Å². The Labute approximate surface area is 99.8 Å². The molecule has 2 heteroatoms. The monoisotopic (exact) mass is 224 g/mol. The van der Waals surface area contributed by atoms with E-state index in [1.165, 1.54) is 0 Å². The van der Waals surface area contributed by atoms with Gasteiger partial charge in [0.1, 0.15) is 17.6 Å². The third-order valence-corrected chi connectivity index (χ3v) is 2.83. The van der Waals surface area contributed by atoms with Crippen molar-refractivity contribution in [2.45, 2.75) is 6.10 Å². The molecule has 0 saturated carbocycles. The van der Waals surface area contributed by atoms with Crippen LogP contribution < -0.4 is 4.74 Å². The van der Waals surface area contributed by atoms with E-state index in [0.29, 0.717) is 0 Å². The summed E-state index contributed by atoms with van der Waals surface area (Å²) in [4.78, 5) is 0. The molecule has 0 spiro atoms. The van der Waals surface area contributed by atoms with Gasteiger partial charge in [0.25, 0.3) is 0 Å². The van der Waals surface area contributed by atoms with Gasteiger partial charge in [-0.05, 0) is 23.8 Å². The highest BCUT2D eigenvalue weighted by Crippen LogP contribution is 2.34. The fourth-order valence-electron chi connectivity index (χ4n) is 1.95. The highest BCUT2D eigenvalue weighted by molar-refractivity contribution is 5.62. The Hall–Kier alpha value is -2.22. The van der Waals surface area contributed by atoms with E-state index in [4.69, 9.17) is 4.74 Å². The van der Waals surface area contributed by atoms with Crippen molar-refractivity contribution in [3.63, 3.8) is 0 Å². The second-order valence-corrected chi connectivity index (χ2v) is 4.03. The molecule has 0 bridgehead atoms. The molecule has 0 amide bonds. The van der Waals surface area contributed by atoms with E-state index in [-0.39, 0.29) is 11.9 Å². The van der Waals surface area contributed by atoms with Gasteiger partial charge in [-0.15, -0.1) is 0 Å². The van der Waals surface area contributed by atoms with Crippen molar-refractivity contribution in [1.29, 1.82) is 0 Å². The summed E-state index contributed by atoms with van der Waals surface area (Å²) in [5, 5.41) is 9.44. The molecule has 1 aliphatic heterocycles. The van der Waals surface area contributed by atoms with Crippen molar-refractivity contribution in [3.8, 4) is 11.5 Å². The van der Waals surface area contributed by atoms with Crippen molar-refractivity contribution in [2.75, 3.05) is 0 Å². The Morgan fingerprint density at radius 2 is 1.82 bits per heavy atom. The molecule has 1 atom stereocenters. The zero-order valence-electron chi connectivity index (χ0n) is 9.21. The lowest BCUT2D eigenvalue weighted by molar-refractivity contribution is 0.250. The number of hydrogen-bond donors (Lipinski definition) is 1. The maximum absolute atomic E-state index is 9.44. The topological polar surface area (TPSA) is 29.5 Å². The minimum Gasteiger partial charge on any atom is -0.508 e. The molecular weight excluding hydrogens is 212 g/mol. The van der Waals surface area contributed by atoms with Crippen LogP contribution >= 0.6 is 0 Å². The van der Waals surface area contributed by atoms with Gasteiger partial charge in [-0.2, -0.15) is 0 Å². The van der Waals surface area contributed by atoms with E-state index in [2.05, 4.69) is 0 Å². The average Bonchev–Trinajstić information content (AvgIpc) is 2.39. The summed E-state index contributed by atoms with van der Waals surface area (Å²) in [5.41, 5.74) is 2.10. The summed E-state index contributed by atoms with van der Waals surface area (Å²) >= 11 is 0. The van der Waals surface area contributed by atoms with Crippen LogP contribution in [0.2, 0.25) is 0 Å². The van der Waals surface area contributed by atoms with E-state index in [1.54, 1.807) is 12.1 Å². The third-order valence-electron chi connectivity index (χ3n) is 2.83. The molecular formula is C15H12O2. The number of phenols is 1. The Morgan fingerprint density at radius 1 is 1.00 bits per heavy atom. The second kappa shape index (κ2) is 3.98. The first-order valence-electron chi connectivity index (χ1n) is 5.56. The molecule has 0 radical (unpaired) electrons. The van der Waals surface area contributed by atoms with E-state index >= 15 is 0 Å². The normalized spacial score (nSPS) is 17.3. The van der Waals surface area contributed by atoms with Gasteiger partial charge >= 0.3 is 0 Å². The van der Waals surface area contributed by atoms with Crippen LogP contribution in [-0.4, -0.2) is 5.11 Å². The molecule has 1 unspecified atom stereocenters. The predicted octanol–water partition coefficient (Wildman–Crippen LogP) is 3.54. The van der Waals surface area contributed by atoms with Gasteiger partial charge in [-0.25, -0.2) is 0 Å². The first-order chi connectivity index (χ1) is 8.33. The molecule has 2 nitrogen and oxygen atoms in total. The van der Waals surface area contributed by atoms with E-state index in [0.717, 1.165) is 16.9 Å². The summed E-state index contributed by atoms with van der Waals surface area (Å²) in [5.74, 6) is 0.951. The second-order valence-electron chi connectivity index (χ2n) is 4.03. The fraction of sp³-hybridized carbons (Fsp3) is 0.0667. The lowest BCUT2D eigenvalue weighted by Gasteiger charge is -2.21. The number of rotatable bonds is 1. The highest BCUT2D eigenvalue weighted by Gasteiger charge is 2.16. The van der Waals surface area contributed by atoms with Crippen LogP contribution in [0.4, 0.5) is 0 Å². The first-order valence-corrected chi connectivity index (χ1v) is 5.56. The summed E-state index contributed by atoms with van der Waals surface area (Å²) in [6.45, 7) is 0.